The smallest absolute Gasteiger partial charge is 0.0596 e. The highest BCUT2D eigenvalue weighted by molar-refractivity contribution is 5.53. The summed E-state index contributed by atoms with van der Waals surface area (Å²) in [4.78, 5) is 5.23. The van der Waals surface area contributed by atoms with Gasteiger partial charge in [-0.25, -0.2) is 0 Å². The largest absolute Gasteiger partial charge is 0.371 e. The fourth-order valence-corrected chi connectivity index (χ4v) is 4.67. The second-order valence-corrected chi connectivity index (χ2v) is 8.06. The lowest BCUT2D eigenvalue weighted by molar-refractivity contribution is 0.172. The first-order valence-corrected chi connectivity index (χ1v) is 10.3. The van der Waals surface area contributed by atoms with Crippen LogP contribution in [0.4, 0.5) is 5.69 Å². The van der Waals surface area contributed by atoms with Crippen LogP contribution in [0.15, 0.2) is 30.3 Å². The van der Waals surface area contributed by atoms with Crippen LogP contribution in [0.5, 0.6) is 0 Å². The molecule has 0 amide bonds. The second kappa shape index (κ2) is 7.83. The van der Waals surface area contributed by atoms with Crippen LogP contribution in [-0.2, 0) is 6.54 Å². The first-order valence-electron chi connectivity index (χ1n) is 10.3. The Bertz CT molecular complexity index is 721. The monoisotopic (exact) mass is 352 g/mol. The Balaban J connectivity index is 1.39. The van der Waals surface area contributed by atoms with Crippen LogP contribution in [0.3, 0.4) is 0 Å². The van der Waals surface area contributed by atoms with Gasteiger partial charge in [-0.3, -0.25) is 9.58 Å². The molecule has 0 radical (unpaired) electrons. The number of aromatic nitrogens is 2. The lowest BCUT2D eigenvalue weighted by atomic mass is 10.0. The molecule has 1 aromatic carbocycles. The summed E-state index contributed by atoms with van der Waals surface area (Å²) in [5.74, 6) is 0. The van der Waals surface area contributed by atoms with Crippen molar-refractivity contribution < 1.29 is 0 Å². The number of para-hydroxylation sites is 1. The molecular weight excluding hydrogens is 320 g/mol. The van der Waals surface area contributed by atoms with E-state index in [4.69, 9.17) is 5.10 Å². The highest BCUT2D eigenvalue weighted by Crippen LogP contribution is 2.28. The first-order chi connectivity index (χ1) is 12.7. The average molecular weight is 353 g/mol. The van der Waals surface area contributed by atoms with Crippen molar-refractivity contribution in [3.8, 4) is 0 Å². The Morgan fingerprint density at radius 3 is 2.38 bits per heavy atom. The third-order valence-corrected chi connectivity index (χ3v) is 6.03. The van der Waals surface area contributed by atoms with E-state index in [0.717, 1.165) is 25.3 Å². The zero-order valence-corrected chi connectivity index (χ0v) is 16.3. The molecule has 0 bridgehead atoms. The summed E-state index contributed by atoms with van der Waals surface area (Å²) in [7, 11) is 0. The maximum absolute atomic E-state index is 4.71. The molecule has 2 fully saturated rings. The molecule has 0 saturated carbocycles. The maximum Gasteiger partial charge on any atom is 0.0596 e. The third-order valence-electron chi connectivity index (χ3n) is 6.03. The zero-order valence-electron chi connectivity index (χ0n) is 16.3. The molecule has 0 aliphatic carbocycles. The van der Waals surface area contributed by atoms with Crippen molar-refractivity contribution in [3.05, 3.63) is 47.3 Å². The molecule has 4 heteroatoms. The Hall–Kier alpha value is -1.81. The van der Waals surface area contributed by atoms with Gasteiger partial charge in [0.2, 0.25) is 0 Å². The van der Waals surface area contributed by atoms with Crippen LogP contribution in [0.25, 0.3) is 0 Å². The number of likely N-dealkylation sites (tertiary alicyclic amines) is 1. The molecule has 1 aromatic heterocycles. The van der Waals surface area contributed by atoms with Crippen molar-refractivity contribution in [2.24, 2.45) is 0 Å². The van der Waals surface area contributed by atoms with Gasteiger partial charge in [-0.2, -0.15) is 5.10 Å². The van der Waals surface area contributed by atoms with E-state index in [1.54, 1.807) is 0 Å². The van der Waals surface area contributed by atoms with Gasteiger partial charge >= 0.3 is 0 Å². The van der Waals surface area contributed by atoms with Gasteiger partial charge in [0, 0.05) is 44.1 Å². The summed E-state index contributed by atoms with van der Waals surface area (Å²) in [6.45, 7) is 10.1. The third kappa shape index (κ3) is 3.80. The molecule has 0 atom stereocenters. The van der Waals surface area contributed by atoms with E-state index in [2.05, 4.69) is 58.7 Å². The highest BCUT2D eigenvalue weighted by Gasteiger charge is 2.23. The lowest BCUT2D eigenvalue weighted by Crippen LogP contribution is -2.36. The van der Waals surface area contributed by atoms with Crippen LogP contribution in [-0.4, -0.2) is 40.9 Å². The molecule has 2 aliphatic heterocycles. The van der Waals surface area contributed by atoms with Gasteiger partial charge in [0.1, 0.15) is 0 Å². The Labute approximate surface area is 157 Å². The van der Waals surface area contributed by atoms with Gasteiger partial charge in [0.15, 0.2) is 0 Å². The molecule has 2 aliphatic rings. The van der Waals surface area contributed by atoms with Crippen LogP contribution in [0.1, 0.15) is 55.1 Å². The molecule has 2 saturated heterocycles. The van der Waals surface area contributed by atoms with Crippen molar-refractivity contribution in [2.75, 3.05) is 31.1 Å². The van der Waals surface area contributed by atoms with E-state index >= 15 is 0 Å². The van der Waals surface area contributed by atoms with Crippen molar-refractivity contribution in [2.45, 2.75) is 58.5 Å². The SMILES string of the molecule is Cc1cc(C)n(C2CCN(Cc3ccccc3N3CCCCC3)CC2)n1. The zero-order chi connectivity index (χ0) is 17.9. The average Bonchev–Trinajstić information content (AvgIpc) is 3.02. The van der Waals surface area contributed by atoms with Gasteiger partial charge < -0.3 is 4.90 Å². The van der Waals surface area contributed by atoms with Crippen molar-refractivity contribution >= 4 is 5.69 Å². The molecule has 0 spiro atoms. The van der Waals surface area contributed by atoms with Crippen molar-refractivity contribution in [3.63, 3.8) is 0 Å². The number of hydrogen-bond acceptors (Lipinski definition) is 3. The Morgan fingerprint density at radius 2 is 1.69 bits per heavy atom. The molecule has 4 nitrogen and oxygen atoms in total. The number of rotatable bonds is 4. The summed E-state index contributed by atoms with van der Waals surface area (Å²) in [5, 5.41) is 4.71. The molecule has 26 heavy (non-hydrogen) atoms. The topological polar surface area (TPSA) is 24.3 Å². The van der Waals surface area contributed by atoms with Crippen LogP contribution < -0.4 is 4.90 Å². The summed E-state index contributed by atoms with van der Waals surface area (Å²) in [6, 6.07) is 11.8. The van der Waals surface area contributed by atoms with Gasteiger partial charge in [-0.1, -0.05) is 18.2 Å². The van der Waals surface area contributed by atoms with Gasteiger partial charge in [-0.15, -0.1) is 0 Å². The summed E-state index contributed by atoms with van der Waals surface area (Å²) in [6.07, 6.45) is 6.46. The summed E-state index contributed by atoms with van der Waals surface area (Å²) < 4.78 is 2.26. The van der Waals surface area contributed by atoms with Crippen LogP contribution in [0.2, 0.25) is 0 Å². The highest BCUT2D eigenvalue weighted by atomic mass is 15.3. The van der Waals surface area contributed by atoms with E-state index in [-0.39, 0.29) is 0 Å². The molecule has 0 N–H and O–H groups in total. The minimum absolute atomic E-state index is 0.567. The number of aryl methyl sites for hydroxylation is 2. The van der Waals surface area contributed by atoms with Crippen LogP contribution in [0, 0.1) is 13.8 Å². The van der Waals surface area contributed by atoms with Crippen LogP contribution >= 0.6 is 0 Å². The number of nitrogens with zero attached hydrogens (tertiary/aromatic N) is 4. The molecule has 3 heterocycles. The predicted octanol–water partition coefficient (Wildman–Crippen LogP) is 4.33. The standard InChI is InChI=1S/C22H32N4/c1-18-16-19(2)26(23-18)21-10-14-24(15-11-21)17-20-8-4-5-9-22(20)25-12-6-3-7-13-25/h4-5,8-9,16,21H,3,6-7,10-15,17H2,1-2H3. The van der Waals surface area contributed by atoms with Gasteiger partial charge in [0.25, 0.3) is 0 Å². The number of piperidine rings is 2. The maximum atomic E-state index is 4.71. The lowest BCUT2D eigenvalue weighted by Gasteiger charge is -2.35. The Kier molecular flexibility index (Phi) is 5.30. The van der Waals surface area contributed by atoms with E-state index < -0.39 is 0 Å². The number of anilines is 1. The van der Waals surface area contributed by atoms with E-state index in [9.17, 15) is 0 Å². The second-order valence-electron chi connectivity index (χ2n) is 8.06. The van der Waals surface area contributed by atoms with E-state index in [1.807, 2.05) is 0 Å². The Morgan fingerprint density at radius 1 is 0.962 bits per heavy atom. The van der Waals surface area contributed by atoms with Crippen molar-refractivity contribution in [1.82, 2.24) is 14.7 Å². The normalized spacial score (nSPS) is 19.8. The van der Waals surface area contributed by atoms with E-state index in [1.165, 1.54) is 62.1 Å². The van der Waals surface area contributed by atoms with Crippen molar-refractivity contribution in [1.29, 1.82) is 0 Å². The summed E-state index contributed by atoms with van der Waals surface area (Å²) in [5.41, 5.74) is 5.41. The molecule has 140 valence electrons. The predicted molar refractivity (Wildman–Crippen MR) is 108 cm³/mol. The molecule has 0 unspecified atom stereocenters. The minimum atomic E-state index is 0.567. The number of benzene rings is 1. The molecule has 4 rings (SSSR count). The fourth-order valence-electron chi connectivity index (χ4n) is 4.67. The van der Waals surface area contributed by atoms with E-state index in [0.29, 0.717) is 6.04 Å². The molecule has 2 aromatic rings. The fraction of sp³-hybridized carbons (Fsp3) is 0.591. The quantitative estimate of drug-likeness (QED) is 0.819. The summed E-state index contributed by atoms with van der Waals surface area (Å²) >= 11 is 0. The molecular formula is C22H32N4. The minimum Gasteiger partial charge on any atom is -0.371 e. The number of hydrogen-bond donors (Lipinski definition) is 0. The first kappa shape index (κ1) is 17.6. The van der Waals surface area contributed by atoms with Gasteiger partial charge in [-0.05, 0) is 63.6 Å². The van der Waals surface area contributed by atoms with Gasteiger partial charge in [0.05, 0.1) is 11.7 Å².